The molecule has 0 bridgehead atoms. The third kappa shape index (κ3) is 3.84. The molecule has 1 aromatic heterocycles. The summed E-state index contributed by atoms with van der Waals surface area (Å²) in [4.78, 5) is 5.16. The molecule has 1 unspecified atom stereocenters. The van der Waals surface area contributed by atoms with Crippen LogP contribution in [0.2, 0.25) is 5.02 Å². The molecule has 1 atom stereocenters. The fourth-order valence-electron chi connectivity index (χ4n) is 1.69. The average molecular weight is 295 g/mol. The second kappa shape index (κ2) is 6.77. The summed E-state index contributed by atoms with van der Waals surface area (Å²) < 4.78 is 0. The van der Waals surface area contributed by atoms with Gasteiger partial charge in [0.1, 0.15) is 5.82 Å². The van der Waals surface area contributed by atoms with E-state index in [0.29, 0.717) is 5.82 Å². The van der Waals surface area contributed by atoms with Gasteiger partial charge in [0.05, 0.1) is 6.04 Å². The fraction of sp³-hybridized carbons (Fsp3) is 0.154. The Morgan fingerprint density at radius 1 is 1.32 bits per heavy atom. The summed E-state index contributed by atoms with van der Waals surface area (Å²) in [5, 5.41) is 0.725. The monoisotopic (exact) mass is 294 g/mol. The van der Waals surface area contributed by atoms with Crippen molar-refractivity contribution in [2.75, 3.05) is 11.5 Å². The lowest BCUT2D eigenvalue weighted by atomic mass is 10.1. The first-order valence-corrected chi connectivity index (χ1v) is 7.12. The van der Waals surface area contributed by atoms with Crippen LogP contribution in [-0.2, 0) is 0 Å². The minimum atomic E-state index is -0.0577. The van der Waals surface area contributed by atoms with E-state index in [1.807, 2.05) is 36.4 Å². The van der Waals surface area contributed by atoms with Crippen LogP contribution in [-0.4, -0.2) is 10.7 Å². The fourth-order valence-corrected chi connectivity index (χ4v) is 2.96. The zero-order valence-corrected chi connectivity index (χ0v) is 11.8. The molecule has 5 N–H and O–H groups in total. The maximum absolute atomic E-state index is 5.95. The van der Waals surface area contributed by atoms with Crippen LogP contribution in [0.5, 0.6) is 0 Å². The van der Waals surface area contributed by atoms with Gasteiger partial charge in [0.15, 0.2) is 0 Å². The minimum absolute atomic E-state index is 0.0577. The Kier molecular flexibility index (Phi) is 5.04. The number of pyridine rings is 1. The zero-order chi connectivity index (χ0) is 13.7. The standard InChI is InChI=1S/C13H15ClN4S/c14-9-3-1-4-10(7-9)19-8-12(18-16)11-5-2-6-17-13(11)15/h1-7,12,18H,8,16H2,(H2,15,17). The van der Waals surface area contributed by atoms with E-state index in [9.17, 15) is 0 Å². The Morgan fingerprint density at radius 2 is 2.16 bits per heavy atom. The van der Waals surface area contributed by atoms with Crippen molar-refractivity contribution in [3.63, 3.8) is 0 Å². The highest BCUT2D eigenvalue weighted by Crippen LogP contribution is 2.27. The summed E-state index contributed by atoms with van der Waals surface area (Å²) in [5.74, 6) is 6.84. The van der Waals surface area contributed by atoms with Crippen LogP contribution in [0.4, 0.5) is 5.82 Å². The summed E-state index contributed by atoms with van der Waals surface area (Å²) in [7, 11) is 0. The molecule has 6 heteroatoms. The molecule has 2 aromatic rings. The number of hydrogen-bond donors (Lipinski definition) is 3. The molecular weight excluding hydrogens is 280 g/mol. The highest BCUT2D eigenvalue weighted by Gasteiger charge is 2.13. The molecule has 0 amide bonds. The van der Waals surface area contributed by atoms with Crippen molar-refractivity contribution >= 4 is 29.2 Å². The largest absolute Gasteiger partial charge is 0.383 e. The van der Waals surface area contributed by atoms with Crippen molar-refractivity contribution in [2.24, 2.45) is 5.84 Å². The molecule has 0 fully saturated rings. The number of nitrogen functional groups attached to an aromatic ring is 1. The summed E-state index contributed by atoms with van der Waals surface area (Å²) >= 11 is 7.61. The summed E-state index contributed by atoms with van der Waals surface area (Å²) in [6, 6.07) is 11.4. The van der Waals surface area contributed by atoms with Crippen LogP contribution in [0.25, 0.3) is 0 Å². The first kappa shape index (κ1) is 14.1. The van der Waals surface area contributed by atoms with Crippen molar-refractivity contribution in [3.8, 4) is 0 Å². The smallest absolute Gasteiger partial charge is 0.128 e. The van der Waals surface area contributed by atoms with Crippen molar-refractivity contribution in [2.45, 2.75) is 10.9 Å². The predicted octanol–water partition coefficient (Wildman–Crippen LogP) is 2.61. The third-order valence-corrected chi connectivity index (χ3v) is 3.98. The van der Waals surface area contributed by atoms with Crippen molar-refractivity contribution in [1.29, 1.82) is 0 Å². The van der Waals surface area contributed by atoms with Crippen LogP contribution in [0.1, 0.15) is 11.6 Å². The number of nitrogens with two attached hydrogens (primary N) is 2. The van der Waals surface area contributed by atoms with Crippen LogP contribution < -0.4 is 17.0 Å². The molecule has 0 aliphatic rings. The number of halogens is 1. The van der Waals surface area contributed by atoms with Gasteiger partial charge in [0.25, 0.3) is 0 Å². The van der Waals surface area contributed by atoms with Crippen molar-refractivity contribution in [1.82, 2.24) is 10.4 Å². The Labute approximate surface area is 121 Å². The van der Waals surface area contributed by atoms with Crippen LogP contribution in [0, 0.1) is 0 Å². The molecular formula is C13H15ClN4S. The average Bonchev–Trinajstić information content (AvgIpc) is 2.41. The molecule has 0 spiro atoms. The molecule has 2 rings (SSSR count). The van der Waals surface area contributed by atoms with Gasteiger partial charge in [-0.3, -0.25) is 11.3 Å². The Balaban J connectivity index is 2.06. The maximum atomic E-state index is 5.95. The number of hydrogen-bond acceptors (Lipinski definition) is 5. The minimum Gasteiger partial charge on any atom is -0.383 e. The zero-order valence-electron chi connectivity index (χ0n) is 10.2. The summed E-state index contributed by atoms with van der Waals surface area (Å²) in [5.41, 5.74) is 9.53. The van der Waals surface area contributed by atoms with Gasteiger partial charge in [0.2, 0.25) is 0 Å². The summed E-state index contributed by atoms with van der Waals surface area (Å²) in [6.45, 7) is 0. The van der Waals surface area contributed by atoms with Crippen LogP contribution in [0.15, 0.2) is 47.5 Å². The second-order valence-electron chi connectivity index (χ2n) is 3.97. The molecule has 0 saturated heterocycles. The maximum Gasteiger partial charge on any atom is 0.128 e. The van der Waals surface area contributed by atoms with Crippen LogP contribution >= 0.6 is 23.4 Å². The lowest BCUT2D eigenvalue weighted by Gasteiger charge is -2.17. The topological polar surface area (TPSA) is 77.0 Å². The SMILES string of the molecule is NNC(CSc1cccc(Cl)c1)c1cccnc1N. The predicted molar refractivity (Wildman–Crippen MR) is 80.9 cm³/mol. The third-order valence-electron chi connectivity index (χ3n) is 2.66. The van der Waals surface area contributed by atoms with Crippen molar-refractivity contribution in [3.05, 3.63) is 53.2 Å². The number of rotatable bonds is 5. The van der Waals surface area contributed by atoms with E-state index in [1.54, 1.807) is 18.0 Å². The van der Waals surface area contributed by atoms with Gasteiger partial charge in [-0.2, -0.15) is 0 Å². The van der Waals surface area contributed by atoms with Gasteiger partial charge in [-0.05, 0) is 24.3 Å². The lowest BCUT2D eigenvalue weighted by molar-refractivity contribution is 0.610. The van der Waals surface area contributed by atoms with Crippen molar-refractivity contribution < 1.29 is 0 Å². The van der Waals surface area contributed by atoms with E-state index in [1.165, 1.54) is 0 Å². The number of anilines is 1. The van der Waals surface area contributed by atoms with E-state index >= 15 is 0 Å². The van der Waals surface area contributed by atoms with Gasteiger partial charge >= 0.3 is 0 Å². The highest BCUT2D eigenvalue weighted by atomic mass is 35.5. The van der Waals surface area contributed by atoms with Gasteiger partial charge < -0.3 is 5.73 Å². The Hall–Kier alpha value is -1.27. The molecule has 100 valence electrons. The molecule has 0 aliphatic heterocycles. The number of nitrogens with one attached hydrogen (secondary N) is 1. The number of nitrogens with zero attached hydrogens (tertiary/aromatic N) is 1. The number of benzene rings is 1. The molecule has 0 aliphatic carbocycles. The number of thioether (sulfide) groups is 1. The molecule has 4 nitrogen and oxygen atoms in total. The van der Waals surface area contributed by atoms with Gasteiger partial charge in [-0.1, -0.05) is 23.7 Å². The number of hydrazine groups is 1. The second-order valence-corrected chi connectivity index (χ2v) is 5.50. The van der Waals surface area contributed by atoms with E-state index in [-0.39, 0.29) is 6.04 Å². The van der Waals surface area contributed by atoms with Gasteiger partial charge in [0, 0.05) is 27.4 Å². The quantitative estimate of drug-likeness (QED) is 0.449. The highest BCUT2D eigenvalue weighted by molar-refractivity contribution is 7.99. The number of aromatic nitrogens is 1. The molecule has 19 heavy (non-hydrogen) atoms. The normalized spacial score (nSPS) is 12.3. The Morgan fingerprint density at radius 3 is 2.84 bits per heavy atom. The Bertz CT molecular complexity index is 550. The molecule has 1 aromatic carbocycles. The summed E-state index contributed by atoms with van der Waals surface area (Å²) in [6.07, 6.45) is 1.66. The molecule has 0 saturated carbocycles. The van der Waals surface area contributed by atoms with E-state index in [4.69, 9.17) is 23.2 Å². The van der Waals surface area contributed by atoms with Gasteiger partial charge in [-0.15, -0.1) is 11.8 Å². The van der Waals surface area contributed by atoms with Gasteiger partial charge in [-0.25, -0.2) is 4.98 Å². The van der Waals surface area contributed by atoms with E-state index in [2.05, 4.69) is 10.4 Å². The van der Waals surface area contributed by atoms with Crippen LogP contribution in [0.3, 0.4) is 0 Å². The molecule has 0 radical (unpaired) electrons. The lowest BCUT2D eigenvalue weighted by Crippen LogP contribution is -2.30. The van der Waals surface area contributed by atoms with E-state index < -0.39 is 0 Å². The first-order valence-electron chi connectivity index (χ1n) is 5.75. The molecule has 1 heterocycles. The first-order chi connectivity index (χ1) is 9.20. The van der Waals surface area contributed by atoms with E-state index in [0.717, 1.165) is 21.2 Å².